The molecule has 4 aliphatic carbocycles. The molecule has 0 bridgehead atoms. The van der Waals surface area contributed by atoms with E-state index in [9.17, 15) is 19.5 Å². The smallest absolute Gasteiger partial charge is 0.374 e. The Morgan fingerprint density at radius 2 is 2.00 bits per heavy atom. The Hall–Kier alpha value is -2.71. The maximum atomic E-state index is 13.8. The molecule has 1 saturated heterocycles. The van der Waals surface area contributed by atoms with Gasteiger partial charge in [-0.05, 0) is 105 Å². The number of ether oxygens (including phenoxy) is 3. The van der Waals surface area contributed by atoms with Gasteiger partial charge in [0.25, 0.3) is 0 Å². The zero-order valence-electron chi connectivity index (χ0n) is 24.3. The quantitative estimate of drug-likeness (QED) is 0.400. The summed E-state index contributed by atoms with van der Waals surface area (Å²) in [5.41, 5.74) is -0.196. The van der Waals surface area contributed by atoms with Crippen LogP contribution in [0, 0.1) is 40.4 Å². The van der Waals surface area contributed by atoms with E-state index < -0.39 is 23.1 Å². The first-order chi connectivity index (χ1) is 19.6. The van der Waals surface area contributed by atoms with E-state index in [1.165, 1.54) is 6.26 Å². The van der Waals surface area contributed by atoms with Crippen LogP contribution in [0.1, 0.15) is 76.8 Å². The van der Waals surface area contributed by atoms with Crippen molar-refractivity contribution < 1.29 is 38.1 Å². The number of aliphatic hydroxyl groups excluding tert-OH is 1. The average Bonchev–Trinajstić information content (AvgIpc) is 3.26. The van der Waals surface area contributed by atoms with Crippen LogP contribution in [0.3, 0.4) is 0 Å². The molecule has 1 spiro atoms. The number of rotatable bonds is 5. The Bertz CT molecular complexity index is 1340. The molecule has 8 heteroatoms. The van der Waals surface area contributed by atoms with Gasteiger partial charge in [-0.1, -0.05) is 19.4 Å². The molecule has 0 radical (unpaired) electrons. The highest BCUT2D eigenvalue weighted by molar-refractivity contribution is 5.98. The first-order valence-corrected chi connectivity index (χ1v) is 15.2. The maximum absolute atomic E-state index is 13.8. The van der Waals surface area contributed by atoms with Crippen molar-refractivity contribution in [2.75, 3.05) is 6.61 Å². The van der Waals surface area contributed by atoms with Crippen molar-refractivity contribution in [3.05, 3.63) is 47.5 Å². The van der Waals surface area contributed by atoms with Crippen LogP contribution in [0.2, 0.25) is 0 Å². The molecule has 0 aromatic carbocycles. The van der Waals surface area contributed by atoms with Crippen LogP contribution in [0.15, 0.2) is 46.1 Å². The predicted octanol–water partition coefficient (Wildman–Crippen LogP) is 4.81. The van der Waals surface area contributed by atoms with Gasteiger partial charge in [-0.3, -0.25) is 4.79 Å². The fourth-order valence-corrected chi connectivity index (χ4v) is 10.4. The lowest BCUT2D eigenvalue weighted by atomic mass is 9.44. The van der Waals surface area contributed by atoms with Crippen molar-refractivity contribution in [1.29, 1.82) is 0 Å². The van der Waals surface area contributed by atoms with Gasteiger partial charge >= 0.3 is 11.9 Å². The molecule has 1 aromatic rings. The number of epoxide rings is 1. The number of cyclic esters (lactones) is 1. The third-order valence-corrected chi connectivity index (χ3v) is 12.5. The molecule has 3 heterocycles. The summed E-state index contributed by atoms with van der Waals surface area (Å²) in [6, 6.07) is 3.23. The number of carbonyl (C=O) groups excluding carboxylic acids is 3. The lowest BCUT2D eigenvalue weighted by Gasteiger charge is -2.58. The number of fused-ring (bicyclic) bond motifs is 4. The highest BCUT2D eigenvalue weighted by Gasteiger charge is 2.81. The van der Waals surface area contributed by atoms with Crippen molar-refractivity contribution in [3.63, 3.8) is 0 Å². The number of hydrogen-bond donors (Lipinski definition) is 1. The van der Waals surface area contributed by atoms with E-state index in [2.05, 4.69) is 20.8 Å². The zero-order chi connectivity index (χ0) is 28.9. The van der Waals surface area contributed by atoms with Gasteiger partial charge in [-0.15, -0.1) is 0 Å². The second-order valence-electron chi connectivity index (χ2n) is 13.9. The van der Waals surface area contributed by atoms with E-state index >= 15 is 0 Å². The Morgan fingerprint density at radius 1 is 1.20 bits per heavy atom. The molecule has 0 unspecified atom stereocenters. The van der Waals surface area contributed by atoms with Crippen LogP contribution in [0.5, 0.6) is 0 Å². The number of ketones is 1. The first-order valence-electron chi connectivity index (χ1n) is 15.2. The van der Waals surface area contributed by atoms with E-state index in [-0.39, 0.29) is 53.6 Å². The van der Waals surface area contributed by atoms with Gasteiger partial charge in [0.15, 0.2) is 11.9 Å². The largest absolute Gasteiger partial charge is 0.458 e. The molecule has 41 heavy (non-hydrogen) atoms. The van der Waals surface area contributed by atoms with Gasteiger partial charge in [0.2, 0.25) is 5.76 Å². The summed E-state index contributed by atoms with van der Waals surface area (Å²) < 4.78 is 23.6. The second kappa shape index (κ2) is 9.14. The van der Waals surface area contributed by atoms with Gasteiger partial charge in [-0.2, -0.15) is 0 Å². The van der Waals surface area contributed by atoms with Crippen molar-refractivity contribution in [2.45, 2.75) is 90.1 Å². The molecule has 7 rings (SSSR count). The molecule has 0 amide bonds. The molecule has 1 N–H and O–H groups in total. The number of allylic oxidation sites excluding steroid dienone is 1. The van der Waals surface area contributed by atoms with Gasteiger partial charge < -0.3 is 23.7 Å². The van der Waals surface area contributed by atoms with Gasteiger partial charge in [0.1, 0.15) is 11.7 Å². The number of carbonyl (C=O) groups is 3. The molecular formula is C33H40O8. The van der Waals surface area contributed by atoms with Crippen molar-refractivity contribution in [3.8, 4) is 0 Å². The summed E-state index contributed by atoms with van der Waals surface area (Å²) in [6.07, 6.45) is 9.37. The average molecular weight is 565 g/mol. The van der Waals surface area contributed by atoms with Crippen molar-refractivity contribution in [2.24, 2.45) is 40.4 Å². The Kier molecular flexibility index (Phi) is 6.05. The standard InChI is InChI=1S/C33H40O8/c1-17-14-25(39-29(36)20(17)16-34)18(2)21-7-8-22-19-15-28-33(41-28)27(40-30(37)24-6-5-13-38-24)10-9-26(35)32(33,4)23(19)11-12-31(21,22)3/h5-6,9-10,13,18-19,21-23,25,27-28,34H,7-8,11-12,14-16H2,1-4H3/t18-,19-,21+,22-,23-,25+,27-,28+,31+,32-,33+/m0/s1. The molecule has 11 atom stereocenters. The lowest BCUT2D eigenvalue weighted by Crippen LogP contribution is -2.64. The monoisotopic (exact) mass is 564 g/mol. The molecule has 8 nitrogen and oxygen atoms in total. The third kappa shape index (κ3) is 3.56. The van der Waals surface area contributed by atoms with Gasteiger partial charge in [0, 0.05) is 6.42 Å². The van der Waals surface area contributed by atoms with Crippen LogP contribution in [0.4, 0.5) is 0 Å². The predicted molar refractivity (Wildman–Crippen MR) is 146 cm³/mol. The molecular weight excluding hydrogens is 524 g/mol. The summed E-state index contributed by atoms with van der Waals surface area (Å²) in [7, 11) is 0. The fourth-order valence-electron chi connectivity index (χ4n) is 10.4. The number of furan rings is 1. The van der Waals surface area contributed by atoms with Crippen LogP contribution in [-0.2, 0) is 23.8 Å². The van der Waals surface area contributed by atoms with Crippen LogP contribution >= 0.6 is 0 Å². The van der Waals surface area contributed by atoms with Crippen LogP contribution in [-0.4, -0.2) is 53.3 Å². The number of aliphatic hydroxyl groups is 1. The minimum Gasteiger partial charge on any atom is -0.458 e. The van der Waals surface area contributed by atoms with Crippen LogP contribution in [0.25, 0.3) is 0 Å². The minimum atomic E-state index is -0.828. The van der Waals surface area contributed by atoms with Crippen molar-refractivity contribution in [1.82, 2.24) is 0 Å². The lowest BCUT2D eigenvalue weighted by molar-refractivity contribution is -0.156. The summed E-state index contributed by atoms with van der Waals surface area (Å²) in [5.74, 6) is 0.799. The topological polar surface area (TPSA) is 116 Å². The third-order valence-electron chi connectivity index (χ3n) is 12.5. The zero-order valence-corrected chi connectivity index (χ0v) is 24.3. The number of esters is 2. The highest BCUT2D eigenvalue weighted by Crippen LogP contribution is 2.73. The summed E-state index contributed by atoms with van der Waals surface area (Å²) in [6.45, 7) is 8.34. The Balaban J connectivity index is 1.14. The summed E-state index contributed by atoms with van der Waals surface area (Å²) in [4.78, 5) is 39.2. The molecule has 6 aliphatic rings. The SMILES string of the molecule is CC1=C(CO)C(=O)O[C@@H]([C@@H](C)[C@H]2CC[C@H]3[C@@H]4C[C@H]5O[C@]56[C@@H](OC(=O)c5ccco5)C=CC(=O)[C@]6(C)[C@H]4CC[C@]23C)C1. The first kappa shape index (κ1) is 27.1. The highest BCUT2D eigenvalue weighted by atomic mass is 16.7. The van der Waals surface area contributed by atoms with Gasteiger partial charge in [0.05, 0.1) is 30.0 Å². The van der Waals surface area contributed by atoms with E-state index in [4.69, 9.17) is 18.6 Å². The van der Waals surface area contributed by atoms with Gasteiger partial charge in [-0.25, -0.2) is 9.59 Å². The maximum Gasteiger partial charge on any atom is 0.374 e. The Morgan fingerprint density at radius 3 is 2.71 bits per heavy atom. The second-order valence-corrected chi connectivity index (χ2v) is 13.9. The molecule has 4 fully saturated rings. The number of hydrogen-bond acceptors (Lipinski definition) is 8. The van der Waals surface area contributed by atoms with E-state index in [0.29, 0.717) is 29.7 Å². The molecule has 1 aromatic heterocycles. The minimum absolute atomic E-state index is 0.0718. The summed E-state index contributed by atoms with van der Waals surface area (Å²) in [5, 5.41) is 9.60. The van der Waals surface area contributed by atoms with E-state index in [1.54, 1.807) is 24.3 Å². The molecule has 2 aliphatic heterocycles. The molecule has 220 valence electrons. The fraction of sp³-hybridized carbons (Fsp3) is 0.667. The normalized spacial score (nSPS) is 45.2. The van der Waals surface area contributed by atoms with Crippen molar-refractivity contribution >= 4 is 17.7 Å². The Labute approximate surface area is 240 Å². The van der Waals surface area contributed by atoms with E-state index in [1.807, 2.05) is 6.92 Å². The summed E-state index contributed by atoms with van der Waals surface area (Å²) >= 11 is 0. The molecule has 3 saturated carbocycles. The van der Waals surface area contributed by atoms with Crippen LogP contribution < -0.4 is 0 Å². The van der Waals surface area contributed by atoms with E-state index in [0.717, 1.165) is 37.7 Å².